The number of pyridine rings is 1. The second-order valence-corrected chi connectivity index (χ2v) is 5.79. The minimum atomic E-state index is -0.148. The molecule has 2 N–H and O–H groups in total. The Balaban J connectivity index is 2.20. The van der Waals surface area contributed by atoms with Crippen LogP contribution in [0.25, 0.3) is 0 Å². The number of ether oxygens (including phenoxy) is 2. The molecule has 0 bridgehead atoms. The number of amides is 1. The molecule has 2 aromatic rings. The van der Waals surface area contributed by atoms with Crippen LogP contribution >= 0.6 is 11.6 Å². The van der Waals surface area contributed by atoms with Crippen molar-refractivity contribution < 1.29 is 14.3 Å². The normalized spacial score (nSPS) is 10.2. The molecule has 7 heteroatoms. The zero-order valence-electron chi connectivity index (χ0n) is 14.6. The number of aromatic nitrogens is 1. The fourth-order valence-corrected chi connectivity index (χ4v) is 2.46. The summed E-state index contributed by atoms with van der Waals surface area (Å²) in [4.78, 5) is 16.3. The van der Waals surface area contributed by atoms with E-state index in [2.05, 4.69) is 22.5 Å². The predicted octanol–water partition coefficient (Wildman–Crippen LogP) is 4.03. The van der Waals surface area contributed by atoms with E-state index in [1.54, 1.807) is 38.6 Å². The third-order valence-corrected chi connectivity index (χ3v) is 3.86. The standard InChI is InChI=1S/C18H22ClN3O3/c1-4-5-6-21-18(23)12-7-13(11-20-10-12)22-15-9-16(24-2)14(19)8-17(15)25-3/h7-11,22H,4-6H2,1-3H3,(H,21,23). The summed E-state index contributed by atoms with van der Waals surface area (Å²) in [5.41, 5.74) is 1.81. The Morgan fingerprint density at radius 1 is 1.16 bits per heavy atom. The number of hydrogen-bond donors (Lipinski definition) is 2. The van der Waals surface area contributed by atoms with Crippen molar-refractivity contribution in [2.45, 2.75) is 19.8 Å². The highest BCUT2D eigenvalue weighted by atomic mass is 35.5. The van der Waals surface area contributed by atoms with E-state index in [1.165, 1.54) is 6.20 Å². The molecule has 25 heavy (non-hydrogen) atoms. The van der Waals surface area contributed by atoms with Crippen LogP contribution in [0.1, 0.15) is 30.1 Å². The van der Waals surface area contributed by atoms with Crippen LogP contribution < -0.4 is 20.1 Å². The molecule has 0 radical (unpaired) electrons. The number of rotatable bonds is 8. The molecule has 0 aliphatic heterocycles. The Hall–Kier alpha value is -2.47. The number of methoxy groups -OCH3 is 2. The molecule has 1 aromatic heterocycles. The smallest absolute Gasteiger partial charge is 0.252 e. The topological polar surface area (TPSA) is 72.5 Å². The maximum Gasteiger partial charge on any atom is 0.252 e. The third kappa shape index (κ3) is 5.00. The molecule has 6 nitrogen and oxygen atoms in total. The lowest BCUT2D eigenvalue weighted by Gasteiger charge is -2.14. The van der Waals surface area contributed by atoms with Gasteiger partial charge in [-0.15, -0.1) is 0 Å². The zero-order valence-corrected chi connectivity index (χ0v) is 15.3. The summed E-state index contributed by atoms with van der Waals surface area (Å²) >= 11 is 6.11. The van der Waals surface area contributed by atoms with Gasteiger partial charge in [0.15, 0.2) is 0 Å². The molecule has 0 saturated heterocycles. The molecule has 0 unspecified atom stereocenters. The van der Waals surface area contributed by atoms with Crippen LogP contribution in [-0.4, -0.2) is 31.7 Å². The molecule has 1 heterocycles. The van der Waals surface area contributed by atoms with Gasteiger partial charge in [0.25, 0.3) is 5.91 Å². The van der Waals surface area contributed by atoms with Gasteiger partial charge in [-0.2, -0.15) is 0 Å². The van der Waals surface area contributed by atoms with Gasteiger partial charge in [0.1, 0.15) is 11.5 Å². The Kier molecular flexibility index (Phi) is 6.89. The number of nitrogens with zero attached hydrogens (tertiary/aromatic N) is 1. The number of carbonyl (C=O) groups excluding carboxylic acids is 1. The first-order valence-corrected chi connectivity index (χ1v) is 8.38. The zero-order chi connectivity index (χ0) is 18.2. The van der Waals surface area contributed by atoms with Crippen molar-refractivity contribution in [3.63, 3.8) is 0 Å². The minimum absolute atomic E-state index is 0.148. The number of carbonyl (C=O) groups is 1. The van der Waals surface area contributed by atoms with Crippen LogP contribution in [0, 0.1) is 0 Å². The molecule has 1 aromatic carbocycles. The second kappa shape index (κ2) is 9.13. The fourth-order valence-electron chi connectivity index (χ4n) is 2.23. The second-order valence-electron chi connectivity index (χ2n) is 5.38. The number of halogens is 1. The van der Waals surface area contributed by atoms with E-state index in [0.717, 1.165) is 12.8 Å². The molecule has 0 atom stereocenters. The van der Waals surface area contributed by atoms with Crippen LogP contribution in [0.15, 0.2) is 30.6 Å². The number of anilines is 2. The number of unbranched alkanes of at least 4 members (excludes halogenated alkanes) is 1. The van der Waals surface area contributed by atoms with Crippen LogP contribution in [0.2, 0.25) is 5.02 Å². The summed E-state index contributed by atoms with van der Waals surface area (Å²) in [6.45, 7) is 2.72. The summed E-state index contributed by atoms with van der Waals surface area (Å²) in [6.07, 6.45) is 5.13. The van der Waals surface area contributed by atoms with Crippen molar-refractivity contribution in [1.29, 1.82) is 0 Å². The van der Waals surface area contributed by atoms with E-state index in [-0.39, 0.29) is 5.91 Å². The molecule has 0 spiro atoms. The van der Waals surface area contributed by atoms with E-state index in [1.807, 2.05) is 0 Å². The lowest BCUT2D eigenvalue weighted by molar-refractivity contribution is 0.0953. The van der Waals surface area contributed by atoms with Crippen molar-refractivity contribution in [3.05, 3.63) is 41.2 Å². The molecule has 0 saturated carbocycles. The van der Waals surface area contributed by atoms with Gasteiger partial charge in [-0.3, -0.25) is 9.78 Å². The summed E-state index contributed by atoms with van der Waals surface area (Å²) in [5.74, 6) is 0.931. The first-order valence-electron chi connectivity index (χ1n) is 8.00. The fraction of sp³-hybridized carbons (Fsp3) is 0.333. The van der Waals surface area contributed by atoms with Gasteiger partial charge in [0.05, 0.1) is 42.4 Å². The van der Waals surface area contributed by atoms with E-state index < -0.39 is 0 Å². The molecule has 134 valence electrons. The maximum absolute atomic E-state index is 12.2. The van der Waals surface area contributed by atoms with Gasteiger partial charge in [0.2, 0.25) is 0 Å². The van der Waals surface area contributed by atoms with Crippen molar-refractivity contribution >= 4 is 28.9 Å². The van der Waals surface area contributed by atoms with Gasteiger partial charge in [-0.05, 0) is 12.5 Å². The van der Waals surface area contributed by atoms with Gasteiger partial charge in [0, 0.05) is 24.9 Å². The molecule has 0 fully saturated rings. The lowest BCUT2D eigenvalue weighted by Crippen LogP contribution is -2.24. The first kappa shape index (κ1) is 18.9. The Bertz CT molecular complexity index is 738. The van der Waals surface area contributed by atoms with Crippen LogP contribution in [0.3, 0.4) is 0 Å². The minimum Gasteiger partial charge on any atom is -0.495 e. The SMILES string of the molecule is CCCCNC(=O)c1cncc(Nc2cc(OC)c(Cl)cc2OC)c1. The number of nitrogens with one attached hydrogen (secondary N) is 2. The third-order valence-electron chi connectivity index (χ3n) is 3.57. The molecule has 2 rings (SSSR count). The van der Waals surface area contributed by atoms with Crippen molar-refractivity contribution in [2.24, 2.45) is 0 Å². The number of hydrogen-bond acceptors (Lipinski definition) is 5. The summed E-state index contributed by atoms with van der Waals surface area (Å²) < 4.78 is 10.6. The van der Waals surface area contributed by atoms with Crippen LogP contribution in [0.4, 0.5) is 11.4 Å². The highest BCUT2D eigenvalue weighted by Crippen LogP contribution is 2.37. The number of benzene rings is 1. The summed E-state index contributed by atoms with van der Waals surface area (Å²) in [5, 5.41) is 6.50. The highest BCUT2D eigenvalue weighted by Gasteiger charge is 2.12. The molecule has 1 amide bonds. The monoisotopic (exact) mass is 363 g/mol. The van der Waals surface area contributed by atoms with Crippen molar-refractivity contribution in [1.82, 2.24) is 10.3 Å². The van der Waals surface area contributed by atoms with Gasteiger partial charge in [-0.25, -0.2) is 0 Å². The maximum atomic E-state index is 12.2. The lowest BCUT2D eigenvalue weighted by atomic mass is 10.2. The molecular weight excluding hydrogens is 342 g/mol. The van der Waals surface area contributed by atoms with Crippen molar-refractivity contribution in [2.75, 3.05) is 26.1 Å². The van der Waals surface area contributed by atoms with Crippen LogP contribution in [0.5, 0.6) is 11.5 Å². The van der Waals surface area contributed by atoms with Gasteiger partial charge >= 0.3 is 0 Å². The highest BCUT2D eigenvalue weighted by molar-refractivity contribution is 6.32. The first-order chi connectivity index (χ1) is 12.1. The average molecular weight is 364 g/mol. The summed E-state index contributed by atoms with van der Waals surface area (Å²) in [6, 6.07) is 5.13. The summed E-state index contributed by atoms with van der Waals surface area (Å²) in [7, 11) is 3.10. The molecular formula is C18H22ClN3O3. The van der Waals surface area contributed by atoms with Gasteiger partial charge in [-0.1, -0.05) is 24.9 Å². The largest absolute Gasteiger partial charge is 0.495 e. The van der Waals surface area contributed by atoms with E-state index >= 15 is 0 Å². The van der Waals surface area contributed by atoms with E-state index in [0.29, 0.717) is 40.0 Å². The Morgan fingerprint density at radius 2 is 1.92 bits per heavy atom. The van der Waals surface area contributed by atoms with Gasteiger partial charge < -0.3 is 20.1 Å². The average Bonchev–Trinajstić information content (AvgIpc) is 2.63. The Morgan fingerprint density at radius 3 is 2.60 bits per heavy atom. The molecule has 0 aliphatic carbocycles. The van der Waals surface area contributed by atoms with Crippen molar-refractivity contribution in [3.8, 4) is 11.5 Å². The quantitative estimate of drug-likeness (QED) is 0.693. The van der Waals surface area contributed by atoms with E-state index in [9.17, 15) is 4.79 Å². The Labute approximate surface area is 152 Å². The van der Waals surface area contributed by atoms with E-state index in [4.69, 9.17) is 21.1 Å². The predicted molar refractivity (Wildman–Crippen MR) is 99.3 cm³/mol. The molecule has 0 aliphatic rings. The van der Waals surface area contributed by atoms with Crippen LogP contribution in [-0.2, 0) is 0 Å².